The molecule has 1 nitrogen and oxygen atoms in total. The fraction of sp³-hybridized carbons (Fsp3) is 0.0769. The summed E-state index contributed by atoms with van der Waals surface area (Å²) in [4.78, 5) is 2.31. The maximum absolute atomic E-state index is 5.95. The van der Waals surface area contributed by atoms with Crippen LogP contribution in [0.25, 0.3) is 0 Å². The van der Waals surface area contributed by atoms with E-state index in [1.165, 1.54) is 4.90 Å². The Morgan fingerprint density at radius 3 is 2.29 bits per heavy atom. The molecule has 2 rings (SSSR count). The predicted octanol–water partition coefficient (Wildman–Crippen LogP) is 5.26. The summed E-state index contributed by atoms with van der Waals surface area (Å²) in [5, 5.41) is 0.726. The Labute approximate surface area is 118 Å². The molecule has 0 fully saturated rings. The molecular weight excluding hydrogens is 320 g/mol. The van der Waals surface area contributed by atoms with Crippen molar-refractivity contribution in [2.24, 2.45) is 0 Å². The molecule has 17 heavy (non-hydrogen) atoms. The summed E-state index contributed by atoms with van der Waals surface area (Å²) in [5.74, 6) is 0.867. The van der Waals surface area contributed by atoms with Crippen molar-refractivity contribution in [1.82, 2.24) is 0 Å². The molecule has 0 saturated carbocycles. The van der Waals surface area contributed by atoms with E-state index < -0.39 is 0 Å². The third kappa shape index (κ3) is 3.41. The first-order chi connectivity index (χ1) is 8.19. The second kappa shape index (κ2) is 5.80. The van der Waals surface area contributed by atoms with Crippen LogP contribution in [0, 0.1) is 0 Å². The molecule has 0 heterocycles. The first-order valence-electron chi connectivity index (χ1n) is 4.96. The zero-order chi connectivity index (χ0) is 12.3. The molecule has 0 unspecified atom stereocenters. The first-order valence-corrected chi connectivity index (χ1v) is 6.95. The molecule has 0 spiro atoms. The van der Waals surface area contributed by atoms with Gasteiger partial charge >= 0.3 is 0 Å². The Hall–Kier alpha value is -0.640. The zero-order valence-electron chi connectivity index (χ0n) is 9.11. The lowest BCUT2D eigenvalue weighted by Gasteiger charge is -2.04. The van der Waals surface area contributed by atoms with Gasteiger partial charge in [-0.2, -0.15) is 0 Å². The summed E-state index contributed by atoms with van der Waals surface area (Å²) in [6.07, 6.45) is 0. The minimum absolute atomic E-state index is 0.726. The molecule has 0 aromatic heterocycles. The molecule has 0 saturated heterocycles. The van der Waals surface area contributed by atoms with E-state index in [1.54, 1.807) is 18.9 Å². The van der Waals surface area contributed by atoms with Crippen LogP contribution >= 0.6 is 39.3 Å². The lowest BCUT2D eigenvalue weighted by atomic mass is 10.3. The van der Waals surface area contributed by atoms with Gasteiger partial charge in [-0.25, -0.2) is 0 Å². The summed E-state index contributed by atoms with van der Waals surface area (Å²) in [5.41, 5.74) is 0. The van der Waals surface area contributed by atoms with Gasteiger partial charge in [-0.05, 0) is 58.4 Å². The van der Waals surface area contributed by atoms with E-state index in [2.05, 4.69) is 15.9 Å². The highest BCUT2D eigenvalue weighted by Gasteiger charge is 2.01. The quantitative estimate of drug-likeness (QED) is 0.759. The summed E-state index contributed by atoms with van der Waals surface area (Å²) < 4.78 is 6.03. The van der Waals surface area contributed by atoms with Gasteiger partial charge in [0.25, 0.3) is 0 Å². The van der Waals surface area contributed by atoms with Crippen molar-refractivity contribution in [3.8, 4) is 5.75 Å². The smallest absolute Gasteiger partial charge is 0.118 e. The maximum atomic E-state index is 5.95. The van der Waals surface area contributed by atoms with Crippen molar-refractivity contribution >= 4 is 39.3 Å². The van der Waals surface area contributed by atoms with Crippen LogP contribution in [0.15, 0.2) is 56.7 Å². The largest absolute Gasteiger partial charge is 0.497 e. The van der Waals surface area contributed by atoms with Crippen LogP contribution in [0.4, 0.5) is 0 Å². The molecule has 0 amide bonds. The van der Waals surface area contributed by atoms with Crippen molar-refractivity contribution in [1.29, 1.82) is 0 Å². The van der Waals surface area contributed by atoms with Crippen molar-refractivity contribution < 1.29 is 4.74 Å². The highest BCUT2D eigenvalue weighted by molar-refractivity contribution is 9.10. The molecule has 0 atom stereocenters. The van der Waals surface area contributed by atoms with Crippen LogP contribution in [0.2, 0.25) is 5.02 Å². The number of rotatable bonds is 3. The minimum atomic E-state index is 0.726. The van der Waals surface area contributed by atoms with E-state index in [0.29, 0.717) is 0 Å². The Bertz CT molecular complexity index is 513. The van der Waals surface area contributed by atoms with Crippen molar-refractivity contribution in [3.05, 3.63) is 52.0 Å². The van der Waals surface area contributed by atoms with Crippen LogP contribution in [-0.4, -0.2) is 7.11 Å². The number of ether oxygens (including phenoxy) is 1. The Balaban J connectivity index is 2.16. The normalized spacial score (nSPS) is 10.3. The molecule has 0 aliphatic carbocycles. The lowest BCUT2D eigenvalue weighted by Crippen LogP contribution is -1.81. The second-order valence-corrected chi connectivity index (χ2v) is 5.76. The minimum Gasteiger partial charge on any atom is -0.497 e. The molecular formula is C13H10BrClOS. The van der Waals surface area contributed by atoms with Crippen LogP contribution < -0.4 is 4.74 Å². The third-order valence-corrected chi connectivity index (χ3v) is 4.40. The highest BCUT2D eigenvalue weighted by Crippen LogP contribution is 2.33. The van der Waals surface area contributed by atoms with Gasteiger partial charge in [-0.3, -0.25) is 0 Å². The van der Waals surface area contributed by atoms with Gasteiger partial charge in [0.2, 0.25) is 0 Å². The molecule has 2 aromatic rings. The summed E-state index contributed by atoms with van der Waals surface area (Å²) in [7, 11) is 1.67. The van der Waals surface area contributed by atoms with Crippen LogP contribution in [-0.2, 0) is 0 Å². The molecule has 88 valence electrons. The Morgan fingerprint density at radius 1 is 1.06 bits per heavy atom. The number of hydrogen-bond acceptors (Lipinski definition) is 2. The standard InChI is InChI=1S/C13H10BrClOS/c1-16-9-2-4-10(5-3-9)17-11-6-7-13(15)12(14)8-11/h2-8H,1H3. The van der Waals surface area contributed by atoms with Crippen LogP contribution in [0.5, 0.6) is 5.75 Å². The van der Waals surface area contributed by atoms with Gasteiger partial charge in [0, 0.05) is 14.3 Å². The fourth-order valence-corrected chi connectivity index (χ4v) is 2.83. The SMILES string of the molecule is COc1ccc(Sc2ccc(Cl)c(Br)c2)cc1. The van der Waals surface area contributed by atoms with E-state index >= 15 is 0 Å². The summed E-state index contributed by atoms with van der Waals surface area (Å²) >= 11 is 11.1. The molecule has 0 radical (unpaired) electrons. The highest BCUT2D eigenvalue weighted by atomic mass is 79.9. The Morgan fingerprint density at radius 2 is 1.71 bits per heavy atom. The van der Waals surface area contributed by atoms with E-state index in [0.717, 1.165) is 20.1 Å². The van der Waals surface area contributed by atoms with Gasteiger partial charge in [-0.1, -0.05) is 23.4 Å². The van der Waals surface area contributed by atoms with Gasteiger partial charge in [0.05, 0.1) is 12.1 Å². The third-order valence-electron chi connectivity index (χ3n) is 2.19. The van der Waals surface area contributed by atoms with Crippen LogP contribution in [0.3, 0.4) is 0 Å². The van der Waals surface area contributed by atoms with Gasteiger partial charge < -0.3 is 4.74 Å². The molecule has 0 N–H and O–H groups in total. The molecule has 0 aliphatic heterocycles. The summed E-state index contributed by atoms with van der Waals surface area (Å²) in [6.45, 7) is 0. The number of halogens is 2. The van der Waals surface area contributed by atoms with Crippen molar-refractivity contribution in [2.75, 3.05) is 7.11 Å². The maximum Gasteiger partial charge on any atom is 0.118 e. The monoisotopic (exact) mass is 328 g/mol. The van der Waals surface area contributed by atoms with E-state index in [1.807, 2.05) is 42.5 Å². The van der Waals surface area contributed by atoms with E-state index in [9.17, 15) is 0 Å². The topological polar surface area (TPSA) is 9.23 Å². The molecule has 0 aliphatic rings. The van der Waals surface area contributed by atoms with Crippen molar-refractivity contribution in [3.63, 3.8) is 0 Å². The van der Waals surface area contributed by atoms with Gasteiger partial charge in [-0.15, -0.1) is 0 Å². The molecule has 4 heteroatoms. The first kappa shape index (κ1) is 12.8. The average molecular weight is 330 g/mol. The zero-order valence-corrected chi connectivity index (χ0v) is 12.3. The lowest BCUT2D eigenvalue weighted by molar-refractivity contribution is 0.414. The molecule has 0 bridgehead atoms. The number of benzene rings is 2. The summed E-state index contributed by atoms with van der Waals surface area (Å²) in [6, 6.07) is 13.9. The fourth-order valence-electron chi connectivity index (χ4n) is 1.32. The second-order valence-electron chi connectivity index (χ2n) is 3.35. The molecule has 2 aromatic carbocycles. The predicted molar refractivity (Wildman–Crippen MR) is 76.3 cm³/mol. The van der Waals surface area contributed by atoms with E-state index in [4.69, 9.17) is 16.3 Å². The number of hydrogen-bond donors (Lipinski definition) is 0. The van der Waals surface area contributed by atoms with Crippen LogP contribution in [0.1, 0.15) is 0 Å². The Kier molecular flexibility index (Phi) is 4.37. The van der Waals surface area contributed by atoms with Gasteiger partial charge in [0.15, 0.2) is 0 Å². The van der Waals surface area contributed by atoms with Gasteiger partial charge in [0.1, 0.15) is 5.75 Å². The average Bonchev–Trinajstić information content (AvgIpc) is 2.35. The van der Waals surface area contributed by atoms with Crippen molar-refractivity contribution in [2.45, 2.75) is 9.79 Å². The number of methoxy groups -OCH3 is 1. The van der Waals surface area contributed by atoms with E-state index in [-0.39, 0.29) is 0 Å².